The molecule has 0 aromatic heterocycles. The molecule has 3 nitrogen and oxygen atoms in total. The summed E-state index contributed by atoms with van der Waals surface area (Å²) in [6, 6.07) is 15.1. The number of carbonyl (C=O) groups is 1. The fourth-order valence-electron chi connectivity index (χ4n) is 1.67. The zero-order valence-corrected chi connectivity index (χ0v) is 11.1. The molecule has 0 saturated heterocycles. The van der Waals surface area contributed by atoms with Gasteiger partial charge in [-0.05, 0) is 29.3 Å². The number of hydrogen-bond donors (Lipinski definition) is 0. The highest BCUT2D eigenvalue weighted by Gasteiger charge is 2.02. The smallest absolute Gasteiger partial charge is 0.331 e. The first-order chi connectivity index (χ1) is 10.2. The van der Waals surface area contributed by atoms with E-state index in [9.17, 15) is 9.18 Å². The second-order valence-corrected chi connectivity index (χ2v) is 4.28. The van der Waals surface area contributed by atoms with Gasteiger partial charge in [0.1, 0.15) is 18.5 Å². The lowest BCUT2D eigenvalue weighted by molar-refractivity contribution is -0.138. The van der Waals surface area contributed by atoms with Crippen LogP contribution >= 0.6 is 0 Å². The number of halogens is 1. The Morgan fingerprint density at radius 2 is 2.00 bits per heavy atom. The van der Waals surface area contributed by atoms with Crippen molar-refractivity contribution >= 4 is 12.0 Å². The van der Waals surface area contributed by atoms with E-state index in [-0.39, 0.29) is 12.2 Å². The molecule has 0 atom stereocenters. The predicted molar refractivity (Wildman–Crippen MR) is 76.4 cm³/mol. The molecule has 0 saturated carbocycles. The molecular formula is C17H12FNO2. The quantitative estimate of drug-likeness (QED) is 0.637. The molecule has 2 aromatic carbocycles. The van der Waals surface area contributed by atoms with Crippen LogP contribution in [-0.4, -0.2) is 5.97 Å². The molecule has 0 spiro atoms. The van der Waals surface area contributed by atoms with Crippen molar-refractivity contribution in [2.24, 2.45) is 0 Å². The maximum Gasteiger partial charge on any atom is 0.331 e. The van der Waals surface area contributed by atoms with E-state index in [4.69, 9.17) is 10.00 Å². The molecule has 0 bridgehead atoms. The number of hydrogen-bond acceptors (Lipinski definition) is 3. The van der Waals surface area contributed by atoms with Crippen molar-refractivity contribution in [3.63, 3.8) is 0 Å². The van der Waals surface area contributed by atoms with Crippen LogP contribution in [0.4, 0.5) is 4.39 Å². The monoisotopic (exact) mass is 281 g/mol. The lowest BCUT2D eigenvalue weighted by atomic mass is 10.1. The average Bonchev–Trinajstić information content (AvgIpc) is 2.53. The average molecular weight is 281 g/mol. The Labute approximate surface area is 121 Å². The van der Waals surface area contributed by atoms with Crippen molar-refractivity contribution in [1.82, 2.24) is 0 Å². The van der Waals surface area contributed by atoms with Crippen molar-refractivity contribution in [2.45, 2.75) is 6.61 Å². The van der Waals surface area contributed by atoms with Gasteiger partial charge in [-0.2, -0.15) is 5.26 Å². The first kappa shape index (κ1) is 14.5. The van der Waals surface area contributed by atoms with Crippen molar-refractivity contribution < 1.29 is 13.9 Å². The van der Waals surface area contributed by atoms with Crippen LogP contribution in [0.15, 0.2) is 54.6 Å². The van der Waals surface area contributed by atoms with Gasteiger partial charge in [0.15, 0.2) is 0 Å². The molecule has 0 fully saturated rings. The zero-order chi connectivity index (χ0) is 15.1. The second-order valence-electron chi connectivity index (χ2n) is 4.28. The molecular weight excluding hydrogens is 269 g/mol. The summed E-state index contributed by atoms with van der Waals surface area (Å²) < 4.78 is 18.2. The summed E-state index contributed by atoms with van der Waals surface area (Å²) in [5.41, 5.74) is 1.40. The molecule has 0 N–H and O–H groups in total. The van der Waals surface area contributed by atoms with Gasteiger partial charge in [0.25, 0.3) is 0 Å². The highest BCUT2D eigenvalue weighted by Crippen LogP contribution is 2.11. The molecule has 2 rings (SSSR count). The Balaban J connectivity index is 1.95. The highest BCUT2D eigenvalue weighted by atomic mass is 19.1. The van der Waals surface area contributed by atoms with Crippen LogP contribution in [-0.2, 0) is 16.1 Å². The molecule has 21 heavy (non-hydrogen) atoms. The Bertz CT molecular complexity index is 702. The Hall–Kier alpha value is -2.93. The summed E-state index contributed by atoms with van der Waals surface area (Å²) in [5.74, 6) is -1.08. The molecule has 0 radical (unpaired) electrons. The Morgan fingerprint density at radius 3 is 2.71 bits per heavy atom. The van der Waals surface area contributed by atoms with Crippen LogP contribution in [0.2, 0.25) is 0 Å². The normalized spacial score (nSPS) is 10.3. The second kappa shape index (κ2) is 7.01. The summed E-state index contributed by atoms with van der Waals surface area (Å²) in [6.45, 7) is 0.191. The summed E-state index contributed by atoms with van der Waals surface area (Å²) in [5, 5.41) is 8.72. The number of nitrogens with zero attached hydrogens (tertiary/aromatic N) is 1. The van der Waals surface area contributed by atoms with Crippen LogP contribution < -0.4 is 0 Å². The van der Waals surface area contributed by atoms with Crippen LogP contribution in [0.5, 0.6) is 0 Å². The highest BCUT2D eigenvalue weighted by molar-refractivity contribution is 5.87. The van der Waals surface area contributed by atoms with Gasteiger partial charge in [0.05, 0.1) is 5.56 Å². The number of carbonyl (C=O) groups excluding carboxylic acids is 1. The third-order valence-electron chi connectivity index (χ3n) is 2.75. The minimum absolute atomic E-state index is 0.0604. The number of nitriles is 1. The molecule has 0 aliphatic carbocycles. The van der Waals surface area contributed by atoms with Gasteiger partial charge in [-0.1, -0.05) is 36.4 Å². The van der Waals surface area contributed by atoms with E-state index in [0.29, 0.717) is 5.56 Å². The van der Waals surface area contributed by atoms with Crippen LogP contribution in [0.3, 0.4) is 0 Å². The van der Waals surface area contributed by atoms with E-state index < -0.39 is 11.8 Å². The van der Waals surface area contributed by atoms with Crippen molar-refractivity contribution in [3.8, 4) is 6.07 Å². The molecule has 104 valence electrons. The fourth-order valence-corrected chi connectivity index (χ4v) is 1.67. The maximum absolute atomic E-state index is 13.1. The molecule has 0 unspecified atom stereocenters. The van der Waals surface area contributed by atoms with Gasteiger partial charge in [-0.15, -0.1) is 0 Å². The molecule has 2 aromatic rings. The fraction of sp³-hybridized carbons (Fsp3) is 0.0588. The third kappa shape index (κ3) is 4.29. The molecule has 0 heterocycles. The van der Waals surface area contributed by atoms with Gasteiger partial charge in [-0.3, -0.25) is 0 Å². The summed E-state index contributed by atoms with van der Waals surface area (Å²) in [7, 11) is 0. The van der Waals surface area contributed by atoms with Crippen LogP contribution in [0.25, 0.3) is 6.08 Å². The SMILES string of the molecule is N#Cc1cc(C=CC(=O)OCc2ccccc2)ccc1F. The third-order valence-corrected chi connectivity index (χ3v) is 2.75. The van der Waals surface area contributed by atoms with Gasteiger partial charge in [0, 0.05) is 6.08 Å². The molecule has 4 heteroatoms. The number of esters is 1. The van der Waals surface area contributed by atoms with Gasteiger partial charge in [-0.25, -0.2) is 9.18 Å². The maximum atomic E-state index is 13.1. The standard InChI is InChI=1S/C17H12FNO2/c18-16-8-6-13(10-15(16)11-19)7-9-17(20)21-12-14-4-2-1-3-5-14/h1-10H,12H2. The van der Waals surface area contributed by atoms with E-state index in [0.717, 1.165) is 5.56 Å². The lowest BCUT2D eigenvalue weighted by Crippen LogP contribution is -2.00. The van der Waals surface area contributed by atoms with Crippen molar-refractivity contribution in [2.75, 3.05) is 0 Å². The first-order valence-corrected chi connectivity index (χ1v) is 6.27. The number of ether oxygens (including phenoxy) is 1. The largest absolute Gasteiger partial charge is 0.458 e. The number of rotatable bonds is 4. The zero-order valence-electron chi connectivity index (χ0n) is 11.1. The Morgan fingerprint density at radius 1 is 1.24 bits per heavy atom. The van der Waals surface area contributed by atoms with E-state index in [2.05, 4.69) is 0 Å². The van der Waals surface area contributed by atoms with Crippen LogP contribution in [0, 0.1) is 17.1 Å². The van der Waals surface area contributed by atoms with Crippen LogP contribution in [0.1, 0.15) is 16.7 Å². The lowest BCUT2D eigenvalue weighted by Gasteiger charge is -2.01. The molecule has 0 aliphatic rings. The topological polar surface area (TPSA) is 50.1 Å². The number of benzene rings is 2. The Kier molecular flexibility index (Phi) is 4.84. The minimum atomic E-state index is -0.582. The van der Waals surface area contributed by atoms with E-state index in [1.165, 1.54) is 30.4 Å². The van der Waals surface area contributed by atoms with E-state index in [1.807, 2.05) is 30.3 Å². The molecule has 0 amide bonds. The summed E-state index contributed by atoms with van der Waals surface area (Å²) >= 11 is 0. The van der Waals surface area contributed by atoms with Gasteiger partial charge >= 0.3 is 5.97 Å². The van der Waals surface area contributed by atoms with Crippen molar-refractivity contribution in [1.29, 1.82) is 5.26 Å². The molecule has 0 aliphatic heterocycles. The van der Waals surface area contributed by atoms with E-state index in [1.54, 1.807) is 6.07 Å². The van der Waals surface area contributed by atoms with Gasteiger partial charge in [0.2, 0.25) is 0 Å². The first-order valence-electron chi connectivity index (χ1n) is 6.27. The van der Waals surface area contributed by atoms with E-state index >= 15 is 0 Å². The predicted octanol–water partition coefficient (Wildman–Crippen LogP) is 3.45. The summed E-state index contributed by atoms with van der Waals surface area (Å²) in [6.07, 6.45) is 2.73. The summed E-state index contributed by atoms with van der Waals surface area (Å²) in [4.78, 5) is 11.6. The van der Waals surface area contributed by atoms with Crippen molar-refractivity contribution in [3.05, 3.63) is 77.1 Å². The minimum Gasteiger partial charge on any atom is -0.458 e. The van der Waals surface area contributed by atoms with Gasteiger partial charge < -0.3 is 4.74 Å².